The van der Waals surface area contributed by atoms with Crippen molar-refractivity contribution in [1.82, 2.24) is 4.90 Å². The summed E-state index contributed by atoms with van der Waals surface area (Å²) >= 11 is 0. The lowest BCUT2D eigenvalue weighted by Crippen LogP contribution is -2.47. The Hall–Kier alpha value is -0.570. The predicted octanol–water partition coefficient (Wildman–Crippen LogP) is 3.21. The minimum atomic E-state index is -0.829. The standard InChI is InChI=1S/C15H25NO.ClH/c1-12-7-9-13(10-8-12)15(17,11-16(5)6)14(2,3)4;/h7-10,17H,11H2,1-6H3;1H. The summed E-state index contributed by atoms with van der Waals surface area (Å²) in [5.74, 6) is 0. The number of nitrogens with zero attached hydrogens (tertiary/aromatic N) is 1. The number of hydrogen-bond acceptors (Lipinski definition) is 2. The largest absolute Gasteiger partial charge is 0.383 e. The fourth-order valence-electron chi connectivity index (χ4n) is 2.05. The molecule has 0 radical (unpaired) electrons. The molecule has 0 aromatic heterocycles. The Bertz CT molecular complexity index is 367. The SMILES string of the molecule is Cc1ccc(C(O)(CN(C)C)C(C)(C)C)cc1.Cl. The highest BCUT2D eigenvalue weighted by molar-refractivity contribution is 5.85. The quantitative estimate of drug-likeness (QED) is 0.913. The number of halogens is 1. The molecule has 1 aromatic rings. The van der Waals surface area contributed by atoms with Gasteiger partial charge in [0, 0.05) is 6.54 Å². The second-order valence-corrected chi connectivity index (χ2v) is 6.21. The molecule has 1 N–H and O–H groups in total. The van der Waals surface area contributed by atoms with Crippen LogP contribution < -0.4 is 0 Å². The van der Waals surface area contributed by atoms with Crippen molar-refractivity contribution >= 4 is 12.4 Å². The van der Waals surface area contributed by atoms with Gasteiger partial charge in [-0.3, -0.25) is 0 Å². The first-order chi connectivity index (χ1) is 7.67. The summed E-state index contributed by atoms with van der Waals surface area (Å²) in [5, 5.41) is 11.0. The fraction of sp³-hybridized carbons (Fsp3) is 0.600. The van der Waals surface area contributed by atoms with Crippen molar-refractivity contribution in [2.24, 2.45) is 5.41 Å². The van der Waals surface area contributed by atoms with E-state index in [1.807, 2.05) is 31.1 Å². The lowest BCUT2D eigenvalue weighted by atomic mass is 9.72. The van der Waals surface area contributed by atoms with Crippen molar-refractivity contribution < 1.29 is 5.11 Å². The molecule has 0 aliphatic rings. The zero-order chi connectivity index (χ0) is 13.3. The van der Waals surface area contributed by atoms with Crippen molar-refractivity contribution in [3.05, 3.63) is 35.4 Å². The summed E-state index contributed by atoms with van der Waals surface area (Å²) in [6.45, 7) is 8.93. The van der Waals surface area contributed by atoms with Crippen LogP contribution in [0.1, 0.15) is 31.9 Å². The van der Waals surface area contributed by atoms with Gasteiger partial charge in [0.05, 0.1) is 0 Å². The van der Waals surface area contributed by atoms with Crippen LogP contribution in [0.15, 0.2) is 24.3 Å². The van der Waals surface area contributed by atoms with Crippen molar-refractivity contribution in [3.63, 3.8) is 0 Å². The van der Waals surface area contributed by atoms with Gasteiger partial charge in [0.25, 0.3) is 0 Å². The molecule has 2 nitrogen and oxygen atoms in total. The molecule has 0 bridgehead atoms. The first-order valence-electron chi connectivity index (χ1n) is 6.11. The average molecular weight is 272 g/mol. The van der Waals surface area contributed by atoms with E-state index in [0.29, 0.717) is 6.54 Å². The Morgan fingerprint density at radius 3 is 1.83 bits per heavy atom. The van der Waals surface area contributed by atoms with Crippen LogP contribution in [0.3, 0.4) is 0 Å². The van der Waals surface area contributed by atoms with Gasteiger partial charge in [0.1, 0.15) is 5.60 Å². The summed E-state index contributed by atoms with van der Waals surface area (Å²) < 4.78 is 0. The number of hydrogen-bond donors (Lipinski definition) is 1. The predicted molar refractivity (Wildman–Crippen MR) is 80.3 cm³/mol. The molecule has 0 amide bonds. The maximum atomic E-state index is 11.0. The molecule has 0 aliphatic carbocycles. The average Bonchev–Trinajstić information content (AvgIpc) is 2.15. The molecule has 0 aliphatic heterocycles. The van der Waals surface area contributed by atoms with E-state index in [-0.39, 0.29) is 17.8 Å². The summed E-state index contributed by atoms with van der Waals surface area (Å²) in [7, 11) is 3.98. The van der Waals surface area contributed by atoms with Gasteiger partial charge in [-0.1, -0.05) is 50.6 Å². The summed E-state index contributed by atoms with van der Waals surface area (Å²) in [6, 6.07) is 8.18. The van der Waals surface area contributed by atoms with E-state index in [0.717, 1.165) is 5.56 Å². The van der Waals surface area contributed by atoms with Crippen molar-refractivity contribution in [2.45, 2.75) is 33.3 Å². The third-order valence-electron chi connectivity index (χ3n) is 3.31. The second kappa shape index (κ2) is 6.05. The van der Waals surface area contributed by atoms with Crippen molar-refractivity contribution in [1.29, 1.82) is 0 Å². The molecular formula is C15H26ClNO. The van der Waals surface area contributed by atoms with E-state index >= 15 is 0 Å². The van der Waals surface area contributed by atoms with Crippen LogP contribution in [0.25, 0.3) is 0 Å². The molecule has 18 heavy (non-hydrogen) atoms. The minimum Gasteiger partial charge on any atom is -0.383 e. The number of rotatable bonds is 3. The molecule has 1 aromatic carbocycles. The minimum absolute atomic E-state index is 0. The monoisotopic (exact) mass is 271 g/mol. The first kappa shape index (κ1) is 17.4. The van der Waals surface area contributed by atoms with Gasteiger partial charge in [-0.2, -0.15) is 0 Å². The zero-order valence-corrected chi connectivity index (χ0v) is 13.1. The molecule has 104 valence electrons. The van der Waals surface area contributed by atoms with E-state index in [4.69, 9.17) is 0 Å². The Morgan fingerprint density at radius 2 is 1.50 bits per heavy atom. The number of benzene rings is 1. The fourth-order valence-corrected chi connectivity index (χ4v) is 2.05. The van der Waals surface area contributed by atoms with Gasteiger partial charge in [0.2, 0.25) is 0 Å². The van der Waals surface area contributed by atoms with Crippen LogP contribution in [0.5, 0.6) is 0 Å². The molecule has 0 spiro atoms. The Morgan fingerprint density at radius 1 is 1.06 bits per heavy atom. The Labute approximate surface area is 117 Å². The molecule has 0 heterocycles. The lowest BCUT2D eigenvalue weighted by Gasteiger charge is -2.42. The van der Waals surface area contributed by atoms with Crippen LogP contribution in [0.4, 0.5) is 0 Å². The molecule has 0 fully saturated rings. The molecule has 1 atom stereocenters. The molecule has 3 heteroatoms. The third-order valence-corrected chi connectivity index (χ3v) is 3.31. The van der Waals surface area contributed by atoms with Crippen LogP contribution in [-0.4, -0.2) is 30.6 Å². The number of likely N-dealkylation sites (N-methyl/N-ethyl adjacent to an activating group) is 1. The highest BCUT2D eigenvalue weighted by atomic mass is 35.5. The maximum Gasteiger partial charge on any atom is 0.107 e. The first-order valence-corrected chi connectivity index (χ1v) is 6.11. The van der Waals surface area contributed by atoms with Gasteiger partial charge in [-0.25, -0.2) is 0 Å². The second-order valence-electron chi connectivity index (χ2n) is 6.21. The Balaban J connectivity index is 0.00000289. The van der Waals surface area contributed by atoms with E-state index in [2.05, 4.69) is 39.8 Å². The van der Waals surface area contributed by atoms with E-state index in [1.54, 1.807) is 0 Å². The van der Waals surface area contributed by atoms with Gasteiger partial charge in [0.15, 0.2) is 0 Å². The zero-order valence-electron chi connectivity index (χ0n) is 12.3. The van der Waals surface area contributed by atoms with Gasteiger partial charge >= 0.3 is 0 Å². The molecule has 1 rings (SSSR count). The molecule has 1 unspecified atom stereocenters. The third kappa shape index (κ3) is 3.71. The van der Waals surface area contributed by atoms with Gasteiger partial charge < -0.3 is 10.0 Å². The molecule has 0 saturated heterocycles. The van der Waals surface area contributed by atoms with E-state index in [9.17, 15) is 5.11 Å². The summed E-state index contributed by atoms with van der Waals surface area (Å²) in [6.07, 6.45) is 0. The Kier molecular flexibility index (Phi) is 5.86. The normalized spacial score (nSPS) is 15.1. The smallest absolute Gasteiger partial charge is 0.107 e. The summed E-state index contributed by atoms with van der Waals surface area (Å²) in [5.41, 5.74) is 1.18. The van der Waals surface area contributed by atoms with Crippen molar-refractivity contribution in [3.8, 4) is 0 Å². The van der Waals surface area contributed by atoms with Crippen molar-refractivity contribution in [2.75, 3.05) is 20.6 Å². The molecule has 0 saturated carbocycles. The highest BCUT2D eigenvalue weighted by Gasteiger charge is 2.41. The number of aryl methyl sites for hydroxylation is 1. The van der Waals surface area contributed by atoms with Gasteiger partial charge in [-0.05, 0) is 32.0 Å². The van der Waals surface area contributed by atoms with Crippen LogP contribution in [0.2, 0.25) is 0 Å². The summed E-state index contributed by atoms with van der Waals surface area (Å²) in [4.78, 5) is 2.03. The van der Waals surface area contributed by atoms with Crippen LogP contribution in [0, 0.1) is 12.3 Å². The highest BCUT2D eigenvalue weighted by Crippen LogP contribution is 2.39. The van der Waals surface area contributed by atoms with Crippen LogP contribution >= 0.6 is 12.4 Å². The van der Waals surface area contributed by atoms with E-state index < -0.39 is 5.60 Å². The lowest BCUT2D eigenvalue weighted by molar-refractivity contribution is -0.0798. The van der Waals surface area contributed by atoms with E-state index in [1.165, 1.54) is 5.56 Å². The number of aliphatic hydroxyl groups is 1. The molecular weight excluding hydrogens is 246 g/mol. The maximum absolute atomic E-state index is 11.0. The van der Waals surface area contributed by atoms with Crippen LogP contribution in [-0.2, 0) is 5.60 Å². The topological polar surface area (TPSA) is 23.5 Å². The van der Waals surface area contributed by atoms with Gasteiger partial charge in [-0.15, -0.1) is 12.4 Å².